The third kappa shape index (κ3) is 3.35. The minimum absolute atomic E-state index is 0.898. The number of aromatic nitrogens is 1. The van der Waals surface area contributed by atoms with E-state index in [0.29, 0.717) is 0 Å². The van der Waals surface area contributed by atoms with Gasteiger partial charge in [-0.05, 0) is 37.8 Å². The highest BCUT2D eigenvalue weighted by Crippen LogP contribution is 2.26. The van der Waals surface area contributed by atoms with Crippen molar-refractivity contribution in [2.75, 3.05) is 10.6 Å². The van der Waals surface area contributed by atoms with Crippen molar-refractivity contribution in [1.29, 1.82) is 0 Å². The van der Waals surface area contributed by atoms with Gasteiger partial charge in [-0.2, -0.15) is 0 Å². The highest BCUT2D eigenvalue weighted by atomic mass is 32.1. The lowest BCUT2D eigenvalue weighted by atomic mass is 10.1. The topological polar surface area (TPSA) is 37.0 Å². The molecule has 0 radical (unpaired) electrons. The van der Waals surface area contributed by atoms with Crippen LogP contribution in [0.25, 0.3) is 0 Å². The summed E-state index contributed by atoms with van der Waals surface area (Å²) in [5.74, 6) is 0.898. The van der Waals surface area contributed by atoms with Crippen LogP contribution >= 0.6 is 11.3 Å². The van der Waals surface area contributed by atoms with Gasteiger partial charge in [-0.3, -0.25) is 0 Å². The van der Waals surface area contributed by atoms with Crippen molar-refractivity contribution < 1.29 is 0 Å². The maximum atomic E-state index is 4.56. The van der Waals surface area contributed by atoms with E-state index in [1.165, 1.54) is 25.0 Å². The summed E-state index contributed by atoms with van der Waals surface area (Å²) in [7, 11) is 0. The Morgan fingerprint density at radius 2 is 1.95 bits per heavy atom. The Hall–Kier alpha value is -1.81. The minimum atomic E-state index is 0.898. The van der Waals surface area contributed by atoms with Gasteiger partial charge in [0.25, 0.3) is 0 Å². The third-order valence-electron chi connectivity index (χ3n) is 3.11. The van der Waals surface area contributed by atoms with Crippen LogP contribution in [0.15, 0.2) is 47.5 Å². The van der Waals surface area contributed by atoms with Gasteiger partial charge in [-0.15, -0.1) is 11.3 Å². The SMILES string of the molecule is C1=C(Nc2nc(Nc3ccccc3)cs2)CCCC1. The highest BCUT2D eigenvalue weighted by Gasteiger charge is 2.06. The fourth-order valence-electron chi connectivity index (χ4n) is 2.15. The fraction of sp³-hybridized carbons (Fsp3) is 0.267. The Bertz CT molecular complexity index is 560. The summed E-state index contributed by atoms with van der Waals surface area (Å²) in [6.45, 7) is 0. The zero-order valence-electron chi connectivity index (χ0n) is 10.7. The molecule has 0 bridgehead atoms. The molecule has 3 rings (SSSR count). The van der Waals surface area contributed by atoms with E-state index in [-0.39, 0.29) is 0 Å². The van der Waals surface area contributed by atoms with Crippen molar-refractivity contribution in [3.63, 3.8) is 0 Å². The Morgan fingerprint density at radius 3 is 2.74 bits per heavy atom. The summed E-state index contributed by atoms with van der Waals surface area (Å²) in [6, 6.07) is 10.1. The number of nitrogens with zero attached hydrogens (tertiary/aromatic N) is 1. The van der Waals surface area contributed by atoms with Gasteiger partial charge in [-0.1, -0.05) is 24.3 Å². The number of anilines is 3. The summed E-state index contributed by atoms with van der Waals surface area (Å²) < 4.78 is 0. The molecule has 19 heavy (non-hydrogen) atoms. The second kappa shape index (κ2) is 5.89. The van der Waals surface area contributed by atoms with Gasteiger partial charge in [0.15, 0.2) is 5.13 Å². The van der Waals surface area contributed by atoms with E-state index in [0.717, 1.165) is 23.1 Å². The molecular formula is C15H17N3S. The Balaban J connectivity index is 1.64. The maximum Gasteiger partial charge on any atom is 0.188 e. The van der Waals surface area contributed by atoms with Crippen LogP contribution < -0.4 is 10.6 Å². The van der Waals surface area contributed by atoms with Crippen molar-refractivity contribution in [3.05, 3.63) is 47.5 Å². The summed E-state index contributed by atoms with van der Waals surface area (Å²) in [5, 5.41) is 9.72. The molecule has 0 saturated heterocycles. The van der Waals surface area contributed by atoms with E-state index >= 15 is 0 Å². The molecule has 0 spiro atoms. The third-order valence-corrected chi connectivity index (χ3v) is 3.87. The lowest BCUT2D eigenvalue weighted by Gasteiger charge is -2.12. The molecule has 4 heteroatoms. The molecule has 0 fully saturated rings. The summed E-state index contributed by atoms with van der Waals surface area (Å²) in [6.07, 6.45) is 7.20. The first-order chi connectivity index (χ1) is 9.40. The molecule has 1 aliphatic rings. The van der Waals surface area contributed by atoms with E-state index < -0.39 is 0 Å². The predicted octanol–water partition coefficient (Wildman–Crippen LogP) is 4.76. The van der Waals surface area contributed by atoms with Gasteiger partial charge in [0, 0.05) is 16.8 Å². The number of rotatable bonds is 4. The second-order valence-electron chi connectivity index (χ2n) is 4.63. The number of allylic oxidation sites excluding steroid dienone is 2. The quantitative estimate of drug-likeness (QED) is 0.842. The standard InChI is InChI=1S/C15H17N3S/c1-3-7-12(8-4-1)16-14-11-19-15(18-14)17-13-9-5-2-6-10-13/h1,3-4,7-9,11,16H,2,5-6,10H2,(H,17,18). The van der Waals surface area contributed by atoms with Crippen molar-refractivity contribution in [2.24, 2.45) is 0 Å². The average Bonchev–Trinajstić information content (AvgIpc) is 2.88. The van der Waals surface area contributed by atoms with Crippen LogP contribution in [0, 0.1) is 0 Å². The van der Waals surface area contributed by atoms with Crippen LogP contribution in [-0.2, 0) is 0 Å². The molecule has 1 aromatic heterocycles. The molecule has 0 amide bonds. The van der Waals surface area contributed by atoms with Crippen LogP contribution in [0.1, 0.15) is 25.7 Å². The van der Waals surface area contributed by atoms with Crippen LogP contribution in [0.4, 0.5) is 16.6 Å². The summed E-state index contributed by atoms with van der Waals surface area (Å²) >= 11 is 1.64. The molecule has 0 aliphatic heterocycles. The summed E-state index contributed by atoms with van der Waals surface area (Å²) in [5.41, 5.74) is 2.38. The fourth-order valence-corrected chi connectivity index (χ4v) is 2.82. The van der Waals surface area contributed by atoms with Gasteiger partial charge in [-0.25, -0.2) is 4.98 Å². The van der Waals surface area contributed by atoms with Crippen LogP contribution in [0.2, 0.25) is 0 Å². The van der Waals surface area contributed by atoms with E-state index in [9.17, 15) is 0 Å². The number of nitrogens with one attached hydrogen (secondary N) is 2. The first-order valence-electron chi connectivity index (χ1n) is 6.64. The number of benzene rings is 1. The van der Waals surface area contributed by atoms with E-state index in [4.69, 9.17) is 0 Å². The number of thiazole rings is 1. The van der Waals surface area contributed by atoms with E-state index in [1.54, 1.807) is 11.3 Å². The van der Waals surface area contributed by atoms with Crippen LogP contribution in [-0.4, -0.2) is 4.98 Å². The minimum Gasteiger partial charge on any atom is -0.339 e. The number of hydrogen-bond donors (Lipinski definition) is 2. The van der Waals surface area contributed by atoms with Crippen molar-refractivity contribution in [1.82, 2.24) is 4.98 Å². The summed E-state index contributed by atoms with van der Waals surface area (Å²) in [4.78, 5) is 4.56. The lowest BCUT2D eigenvalue weighted by molar-refractivity contribution is 0.704. The van der Waals surface area contributed by atoms with Gasteiger partial charge in [0.1, 0.15) is 5.82 Å². The first-order valence-corrected chi connectivity index (χ1v) is 7.52. The molecule has 0 saturated carbocycles. The predicted molar refractivity (Wildman–Crippen MR) is 82.0 cm³/mol. The molecule has 98 valence electrons. The molecule has 0 unspecified atom stereocenters. The Labute approximate surface area is 117 Å². The largest absolute Gasteiger partial charge is 0.339 e. The smallest absolute Gasteiger partial charge is 0.188 e. The lowest BCUT2D eigenvalue weighted by Crippen LogP contribution is -2.02. The van der Waals surface area contributed by atoms with Gasteiger partial charge >= 0.3 is 0 Å². The molecule has 2 aromatic rings. The Kier molecular flexibility index (Phi) is 3.79. The van der Waals surface area contributed by atoms with Crippen LogP contribution in [0.5, 0.6) is 0 Å². The number of hydrogen-bond acceptors (Lipinski definition) is 4. The Morgan fingerprint density at radius 1 is 1.05 bits per heavy atom. The number of para-hydroxylation sites is 1. The average molecular weight is 271 g/mol. The second-order valence-corrected chi connectivity index (χ2v) is 5.49. The van der Waals surface area contributed by atoms with Gasteiger partial charge in [0.2, 0.25) is 0 Å². The molecule has 2 N–H and O–H groups in total. The van der Waals surface area contributed by atoms with Gasteiger partial charge in [0.05, 0.1) is 0 Å². The molecule has 1 heterocycles. The molecule has 1 aromatic carbocycles. The molecule has 0 atom stereocenters. The normalized spacial score (nSPS) is 14.8. The molecule has 3 nitrogen and oxygen atoms in total. The van der Waals surface area contributed by atoms with Crippen molar-refractivity contribution >= 4 is 28.0 Å². The molecule has 1 aliphatic carbocycles. The van der Waals surface area contributed by atoms with E-state index in [1.807, 2.05) is 35.7 Å². The molecular weight excluding hydrogens is 254 g/mol. The van der Waals surface area contributed by atoms with Crippen LogP contribution in [0.3, 0.4) is 0 Å². The van der Waals surface area contributed by atoms with E-state index in [2.05, 4.69) is 21.7 Å². The van der Waals surface area contributed by atoms with Gasteiger partial charge < -0.3 is 10.6 Å². The highest BCUT2D eigenvalue weighted by molar-refractivity contribution is 7.14. The zero-order chi connectivity index (χ0) is 12.9. The zero-order valence-corrected chi connectivity index (χ0v) is 11.5. The van der Waals surface area contributed by atoms with Crippen molar-refractivity contribution in [2.45, 2.75) is 25.7 Å². The monoisotopic (exact) mass is 271 g/mol. The first kappa shape index (κ1) is 12.2. The van der Waals surface area contributed by atoms with Crippen molar-refractivity contribution in [3.8, 4) is 0 Å². The maximum absolute atomic E-state index is 4.56.